The lowest BCUT2D eigenvalue weighted by atomic mass is 9.85. The third-order valence-electron chi connectivity index (χ3n) is 4.18. The van der Waals surface area contributed by atoms with Gasteiger partial charge in [-0.3, -0.25) is 4.79 Å². The molecule has 4 heteroatoms. The maximum atomic E-state index is 11.7. The van der Waals surface area contributed by atoms with Crippen LogP contribution in [0.1, 0.15) is 19.3 Å². The van der Waals surface area contributed by atoms with E-state index in [-0.39, 0.29) is 12.4 Å². The Kier molecular flexibility index (Phi) is 3.21. The molecule has 0 spiro atoms. The Hall–Kier alpha value is -0.280. The molecule has 3 fully saturated rings. The summed E-state index contributed by atoms with van der Waals surface area (Å²) in [5, 5.41) is 6.42. The van der Waals surface area contributed by atoms with Crippen molar-refractivity contribution in [1.29, 1.82) is 0 Å². The Morgan fingerprint density at radius 1 is 1.27 bits per heavy atom. The van der Waals surface area contributed by atoms with Gasteiger partial charge in [-0.2, -0.15) is 0 Å². The molecule has 1 amide bonds. The van der Waals surface area contributed by atoms with E-state index < -0.39 is 0 Å². The Morgan fingerprint density at radius 3 is 2.47 bits per heavy atom. The molecule has 1 saturated heterocycles. The predicted molar refractivity (Wildman–Crippen MR) is 60.9 cm³/mol. The van der Waals surface area contributed by atoms with Crippen molar-refractivity contribution in [3.8, 4) is 0 Å². The maximum Gasteiger partial charge on any atom is 0.223 e. The van der Waals surface area contributed by atoms with Crippen LogP contribution in [0.5, 0.6) is 0 Å². The summed E-state index contributed by atoms with van der Waals surface area (Å²) in [7, 11) is 0. The first kappa shape index (κ1) is 11.2. The molecule has 0 bridgehead atoms. The van der Waals surface area contributed by atoms with E-state index in [1.807, 2.05) is 0 Å². The molecule has 0 radical (unpaired) electrons. The molecule has 86 valence electrons. The number of rotatable bonds is 3. The number of carbonyl (C=O) groups excluding carboxylic acids is 1. The molecule has 3 atom stereocenters. The zero-order chi connectivity index (χ0) is 9.54. The minimum atomic E-state index is 0. The summed E-state index contributed by atoms with van der Waals surface area (Å²) in [6.45, 7) is 3.06. The standard InChI is InChI=1S/C11H18N2O.ClH/c14-11(13-4-7-2-1-3-7)10-8-5-12-6-9(8)10;/h7-10,12H,1-6H2,(H,13,14);1H/t8-,9+,10?;. The van der Waals surface area contributed by atoms with Crippen molar-refractivity contribution in [1.82, 2.24) is 10.6 Å². The van der Waals surface area contributed by atoms with E-state index >= 15 is 0 Å². The second kappa shape index (κ2) is 4.30. The average Bonchev–Trinajstić information content (AvgIpc) is 2.58. The van der Waals surface area contributed by atoms with Gasteiger partial charge in [-0.15, -0.1) is 12.4 Å². The Bertz CT molecular complexity index is 245. The summed E-state index contributed by atoms with van der Waals surface area (Å²) < 4.78 is 0. The lowest BCUT2D eigenvalue weighted by molar-refractivity contribution is -0.123. The molecule has 0 aromatic heterocycles. The van der Waals surface area contributed by atoms with Crippen molar-refractivity contribution in [3.05, 3.63) is 0 Å². The van der Waals surface area contributed by atoms with Crippen LogP contribution in [0.15, 0.2) is 0 Å². The van der Waals surface area contributed by atoms with Crippen LogP contribution in [0.2, 0.25) is 0 Å². The number of halogens is 1. The quantitative estimate of drug-likeness (QED) is 0.753. The topological polar surface area (TPSA) is 41.1 Å². The largest absolute Gasteiger partial charge is 0.356 e. The summed E-state index contributed by atoms with van der Waals surface area (Å²) in [5.41, 5.74) is 0. The molecular weight excluding hydrogens is 212 g/mol. The monoisotopic (exact) mass is 230 g/mol. The number of carbonyl (C=O) groups is 1. The normalized spacial score (nSPS) is 37.5. The molecule has 3 aliphatic rings. The summed E-state index contributed by atoms with van der Waals surface area (Å²) in [6, 6.07) is 0. The average molecular weight is 231 g/mol. The van der Waals surface area contributed by atoms with Crippen LogP contribution in [-0.2, 0) is 4.79 Å². The van der Waals surface area contributed by atoms with E-state index in [0.717, 1.165) is 25.6 Å². The highest BCUT2D eigenvalue weighted by Crippen LogP contribution is 2.48. The first-order valence-corrected chi connectivity index (χ1v) is 5.84. The Labute approximate surface area is 96.8 Å². The van der Waals surface area contributed by atoms with Crippen LogP contribution in [0.4, 0.5) is 0 Å². The van der Waals surface area contributed by atoms with E-state index in [9.17, 15) is 4.79 Å². The summed E-state index contributed by atoms with van der Waals surface area (Å²) in [6.07, 6.45) is 4.00. The van der Waals surface area contributed by atoms with Crippen molar-refractivity contribution in [3.63, 3.8) is 0 Å². The van der Waals surface area contributed by atoms with E-state index in [1.54, 1.807) is 0 Å². The smallest absolute Gasteiger partial charge is 0.223 e. The summed E-state index contributed by atoms with van der Waals surface area (Å²) in [4.78, 5) is 11.7. The van der Waals surface area contributed by atoms with E-state index in [1.165, 1.54) is 19.3 Å². The van der Waals surface area contributed by atoms with Crippen molar-refractivity contribution in [2.24, 2.45) is 23.7 Å². The summed E-state index contributed by atoms with van der Waals surface area (Å²) in [5.74, 6) is 2.80. The van der Waals surface area contributed by atoms with Gasteiger partial charge in [-0.1, -0.05) is 6.42 Å². The van der Waals surface area contributed by atoms with Crippen molar-refractivity contribution < 1.29 is 4.79 Å². The molecule has 0 aromatic rings. The third-order valence-corrected chi connectivity index (χ3v) is 4.18. The zero-order valence-electron chi connectivity index (χ0n) is 8.87. The van der Waals surface area contributed by atoms with Gasteiger partial charge in [-0.05, 0) is 43.7 Å². The SMILES string of the molecule is Cl.O=C(NCC1CCC1)C1[C@H]2CNC[C@@H]12. The number of nitrogens with one attached hydrogen (secondary N) is 2. The molecule has 3 rings (SSSR count). The molecular formula is C11H19ClN2O. The second-order valence-corrected chi connectivity index (χ2v) is 5.05. The number of hydrogen-bond donors (Lipinski definition) is 2. The van der Waals surface area contributed by atoms with Gasteiger partial charge in [0.2, 0.25) is 5.91 Å². The first-order chi connectivity index (χ1) is 6.86. The van der Waals surface area contributed by atoms with Gasteiger partial charge in [0.05, 0.1) is 0 Å². The highest BCUT2D eigenvalue weighted by Gasteiger charge is 2.56. The van der Waals surface area contributed by atoms with Crippen LogP contribution < -0.4 is 10.6 Å². The molecule has 1 aliphatic heterocycles. The van der Waals surface area contributed by atoms with Crippen LogP contribution in [0.3, 0.4) is 0 Å². The highest BCUT2D eigenvalue weighted by atomic mass is 35.5. The molecule has 1 unspecified atom stereocenters. The zero-order valence-corrected chi connectivity index (χ0v) is 9.69. The van der Waals surface area contributed by atoms with E-state index in [4.69, 9.17) is 0 Å². The van der Waals surface area contributed by atoms with Crippen LogP contribution in [-0.4, -0.2) is 25.5 Å². The van der Waals surface area contributed by atoms with Crippen molar-refractivity contribution in [2.75, 3.05) is 19.6 Å². The predicted octanol–water partition coefficient (Wildman–Crippen LogP) is 0.790. The fourth-order valence-electron chi connectivity index (χ4n) is 2.87. The Balaban J connectivity index is 0.000000853. The minimum Gasteiger partial charge on any atom is -0.356 e. The number of fused-ring (bicyclic) bond motifs is 1. The number of amides is 1. The molecule has 2 aliphatic carbocycles. The minimum absolute atomic E-state index is 0. The van der Waals surface area contributed by atoms with Gasteiger partial charge in [0.1, 0.15) is 0 Å². The third kappa shape index (κ3) is 2.00. The van der Waals surface area contributed by atoms with Gasteiger partial charge in [0.15, 0.2) is 0 Å². The first-order valence-electron chi connectivity index (χ1n) is 5.84. The van der Waals surface area contributed by atoms with Crippen molar-refractivity contribution in [2.45, 2.75) is 19.3 Å². The van der Waals surface area contributed by atoms with Crippen LogP contribution in [0, 0.1) is 23.7 Å². The second-order valence-electron chi connectivity index (χ2n) is 5.05. The molecule has 3 nitrogen and oxygen atoms in total. The lowest BCUT2D eigenvalue weighted by Crippen LogP contribution is -2.35. The molecule has 2 N–H and O–H groups in total. The van der Waals surface area contributed by atoms with Crippen molar-refractivity contribution >= 4 is 18.3 Å². The highest BCUT2D eigenvalue weighted by molar-refractivity contribution is 5.85. The van der Waals surface area contributed by atoms with Gasteiger partial charge >= 0.3 is 0 Å². The van der Waals surface area contributed by atoms with Gasteiger partial charge in [0.25, 0.3) is 0 Å². The van der Waals surface area contributed by atoms with Crippen LogP contribution in [0.25, 0.3) is 0 Å². The van der Waals surface area contributed by atoms with E-state index in [0.29, 0.717) is 23.7 Å². The summed E-state index contributed by atoms with van der Waals surface area (Å²) >= 11 is 0. The number of piperidine rings is 1. The number of hydrogen-bond acceptors (Lipinski definition) is 2. The fourth-order valence-corrected chi connectivity index (χ4v) is 2.87. The van der Waals surface area contributed by atoms with Crippen LogP contribution >= 0.6 is 12.4 Å². The van der Waals surface area contributed by atoms with Gasteiger partial charge < -0.3 is 10.6 Å². The Morgan fingerprint density at radius 2 is 1.93 bits per heavy atom. The molecule has 1 heterocycles. The lowest BCUT2D eigenvalue weighted by Gasteiger charge is -2.25. The molecule has 15 heavy (non-hydrogen) atoms. The van der Waals surface area contributed by atoms with Gasteiger partial charge in [-0.25, -0.2) is 0 Å². The molecule has 0 aromatic carbocycles. The molecule has 2 saturated carbocycles. The van der Waals surface area contributed by atoms with Gasteiger partial charge in [0, 0.05) is 12.5 Å². The van der Waals surface area contributed by atoms with E-state index in [2.05, 4.69) is 10.6 Å². The maximum absolute atomic E-state index is 11.7. The fraction of sp³-hybridized carbons (Fsp3) is 0.909.